The van der Waals surface area contributed by atoms with E-state index in [1.807, 2.05) is 25.3 Å². The lowest BCUT2D eigenvalue weighted by molar-refractivity contribution is -0.114. The zero-order valence-electron chi connectivity index (χ0n) is 19.7. The van der Waals surface area contributed by atoms with Crippen molar-refractivity contribution in [2.75, 3.05) is 18.5 Å². The number of ether oxygens (including phenoxy) is 1. The lowest BCUT2D eigenvalue weighted by Crippen LogP contribution is -2.43. The third-order valence-electron chi connectivity index (χ3n) is 7.27. The Labute approximate surface area is 197 Å². The van der Waals surface area contributed by atoms with Crippen LogP contribution >= 0.6 is 0 Å². The number of amides is 1. The minimum atomic E-state index is -0.451. The number of fused-ring (bicyclic) bond motifs is 1. The maximum Gasteiger partial charge on any atom is 0.270 e. The van der Waals surface area contributed by atoms with Crippen molar-refractivity contribution < 1.29 is 9.53 Å². The average Bonchev–Trinajstić information content (AvgIpc) is 3.40. The van der Waals surface area contributed by atoms with Gasteiger partial charge in [-0.15, -0.1) is 0 Å². The van der Waals surface area contributed by atoms with Gasteiger partial charge in [-0.05, 0) is 44.7 Å². The van der Waals surface area contributed by atoms with Gasteiger partial charge >= 0.3 is 0 Å². The quantitative estimate of drug-likeness (QED) is 0.623. The molecule has 0 radical (unpaired) electrons. The molecule has 0 spiro atoms. The molecule has 1 aliphatic carbocycles. The molecule has 1 saturated heterocycles. The number of hydrogen-bond donors (Lipinski definition) is 1. The largest absolute Gasteiger partial charge is 0.379 e. The van der Waals surface area contributed by atoms with Gasteiger partial charge in [0.05, 0.1) is 41.5 Å². The van der Waals surface area contributed by atoms with Gasteiger partial charge in [-0.3, -0.25) is 9.59 Å². The Morgan fingerprint density at radius 2 is 2.18 bits per heavy atom. The van der Waals surface area contributed by atoms with Crippen molar-refractivity contribution in [2.24, 2.45) is 5.92 Å². The molecule has 0 aromatic carbocycles. The van der Waals surface area contributed by atoms with E-state index in [0.717, 1.165) is 42.1 Å². The van der Waals surface area contributed by atoms with E-state index in [9.17, 15) is 14.9 Å². The Balaban J connectivity index is 1.69. The third-order valence-corrected chi connectivity index (χ3v) is 7.27. The van der Waals surface area contributed by atoms with Gasteiger partial charge in [-0.25, -0.2) is 9.67 Å². The Morgan fingerprint density at radius 1 is 1.38 bits per heavy atom. The number of nitrogens with zero attached hydrogens (tertiary/aromatic N) is 5. The van der Waals surface area contributed by atoms with Crippen LogP contribution in [0.4, 0.5) is 5.82 Å². The first-order valence-electron chi connectivity index (χ1n) is 11.7. The van der Waals surface area contributed by atoms with Crippen LogP contribution in [0, 0.1) is 24.2 Å². The third kappa shape index (κ3) is 3.59. The van der Waals surface area contributed by atoms with Crippen LogP contribution in [-0.2, 0) is 15.1 Å². The molecular formula is C25H28N6O3. The summed E-state index contributed by atoms with van der Waals surface area (Å²) in [4.78, 5) is 29.2. The van der Waals surface area contributed by atoms with Crippen LogP contribution in [0.1, 0.15) is 51.1 Å². The van der Waals surface area contributed by atoms with Gasteiger partial charge in [0.15, 0.2) is 0 Å². The molecule has 34 heavy (non-hydrogen) atoms. The summed E-state index contributed by atoms with van der Waals surface area (Å²) in [6.07, 6.45) is 6.87. The first-order chi connectivity index (χ1) is 16.3. The number of carbonyl (C=O) groups is 1. The molecule has 1 unspecified atom stereocenters. The lowest BCUT2D eigenvalue weighted by atomic mass is 9.81. The van der Waals surface area contributed by atoms with Gasteiger partial charge in [-0.1, -0.05) is 6.92 Å². The number of carbonyl (C=O) groups excluding carboxylic acids is 1. The first-order valence-corrected chi connectivity index (χ1v) is 11.7. The van der Waals surface area contributed by atoms with E-state index in [1.54, 1.807) is 10.9 Å². The SMILES string of the molecule is CCC1(n2nc(-c3cn(C4CC(C#N)C4)c4cnc(NC(C)=O)cc34)cc(C)c2=O)CCOC1. The highest BCUT2D eigenvalue weighted by Crippen LogP contribution is 2.42. The predicted octanol–water partition coefficient (Wildman–Crippen LogP) is 3.53. The van der Waals surface area contributed by atoms with E-state index < -0.39 is 5.54 Å². The van der Waals surface area contributed by atoms with Crippen molar-refractivity contribution in [1.82, 2.24) is 19.3 Å². The first kappa shape index (κ1) is 22.3. The molecule has 176 valence electrons. The van der Waals surface area contributed by atoms with Gasteiger partial charge in [0, 0.05) is 42.3 Å². The fourth-order valence-corrected chi connectivity index (χ4v) is 5.08. The smallest absolute Gasteiger partial charge is 0.270 e. The highest BCUT2D eigenvalue weighted by molar-refractivity contribution is 5.98. The topological polar surface area (TPSA) is 115 Å². The highest BCUT2D eigenvalue weighted by atomic mass is 16.5. The molecular weight excluding hydrogens is 432 g/mol. The van der Waals surface area contributed by atoms with E-state index in [1.165, 1.54) is 6.92 Å². The minimum Gasteiger partial charge on any atom is -0.379 e. The number of aryl methyl sites for hydroxylation is 1. The Bertz CT molecular complexity index is 1370. The van der Waals surface area contributed by atoms with Crippen molar-refractivity contribution in [2.45, 2.75) is 58.0 Å². The van der Waals surface area contributed by atoms with Gasteiger partial charge in [0.1, 0.15) is 5.82 Å². The summed E-state index contributed by atoms with van der Waals surface area (Å²) in [5.74, 6) is 0.325. The fraction of sp³-hybridized carbons (Fsp3) is 0.480. The Kier molecular flexibility index (Phi) is 5.48. The molecule has 1 aliphatic heterocycles. The van der Waals surface area contributed by atoms with E-state index in [-0.39, 0.29) is 23.4 Å². The molecule has 1 N–H and O–H groups in total. The number of pyridine rings is 1. The van der Waals surface area contributed by atoms with Crippen LogP contribution in [0.5, 0.6) is 0 Å². The maximum absolute atomic E-state index is 13.1. The summed E-state index contributed by atoms with van der Waals surface area (Å²) < 4.78 is 9.45. The molecule has 1 atom stereocenters. The molecule has 1 saturated carbocycles. The zero-order chi connectivity index (χ0) is 24.0. The number of nitrogens with one attached hydrogen (secondary N) is 1. The van der Waals surface area contributed by atoms with Crippen LogP contribution < -0.4 is 10.9 Å². The van der Waals surface area contributed by atoms with Crippen molar-refractivity contribution in [3.05, 3.63) is 40.4 Å². The molecule has 1 amide bonds. The zero-order valence-corrected chi connectivity index (χ0v) is 19.7. The molecule has 2 fully saturated rings. The summed E-state index contributed by atoms with van der Waals surface area (Å²) in [6, 6.07) is 6.22. The molecule has 0 bridgehead atoms. The average molecular weight is 461 g/mol. The molecule has 9 heteroatoms. The number of aromatic nitrogens is 4. The number of rotatable bonds is 5. The fourth-order valence-electron chi connectivity index (χ4n) is 5.08. The molecule has 4 heterocycles. The second-order valence-corrected chi connectivity index (χ2v) is 9.48. The monoisotopic (exact) mass is 460 g/mol. The van der Waals surface area contributed by atoms with Gasteiger partial charge < -0.3 is 14.6 Å². The lowest BCUT2D eigenvalue weighted by Gasteiger charge is -2.32. The van der Waals surface area contributed by atoms with E-state index in [4.69, 9.17) is 9.84 Å². The molecule has 2 aliphatic rings. The number of hydrogen-bond acceptors (Lipinski definition) is 6. The second kappa shape index (κ2) is 8.37. The summed E-state index contributed by atoms with van der Waals surface area (Å²) in [5, 5.41) is 17.8. The number of nitriles is 1. The van der Waals surface area contributed by atoms with Crippen LogP contribution in [0.25, 0.3) is 22.2 Å². The van der Waals surface area contributed by atoms with E-state index in [0.29, 0.717) is 30.3 Å². The second-order valence-electron chi connectivity index (χ2n) is 9.48. The van der Waals surface area contributed by atoms with Crippen molar-refractivity contribution >= 4 is 22.6 Å². The summed E-state index contributed by atoms with van der Waals surface area (Å²) in [6.45, 7) is 6.40. The van der Waals surface area contributed by atoms with Gasteiger partial charge in [0.25, 0.3) is 5.56 Å². The van der Waals surface area contributed by atoms with Crippen LogP contribution in [0.2, 0.25) is 0 Å². The normalized spacial score (nSPS) is 24.1. The van der Waals surface area contributed by atoms with Crippen LogP contribution in [0.15, 0.2) is 29.3 Å². The maximum atomic E-state index is 13.1. The number of anilines is 1. The summed E-state index contributed by atoms with van der Waals surface area (Å²) >= 11 is 0. The van der Waals surface area contributed by atoms with Crippen molar-refractivity contribution in [3.63, 3.8) is 0 Å². The minimum absolute atomic E-state index is 0.0616. The van der Waals surface area contributed by atoms with E-state index >= 15 is 0 Å². The van der Waals surface area contributed by atoms with Gasteiger partial charge in [-0.2, -0.15) is 10.4 Å². The van der Waals surface area contributed by atoms with Gasteiger partial charge in [0.2, 0.25) is 5.91 Å². The summed E-state index contributed by atoms with van der Waals surface area (Å²) in [7, 11) is 0. The summed E-state index contributed by atoms with van der Waals surface area (Å²) in [5.41, 5.74) is 2.54. The van der Waals surface area contributed by atoms with Crippen molar-refractivity contribution in [3.8, 4) is 17.3 Å². The molecule has 5 rings (SSSR count). The molecule has 3 aromatic rings. The van der Waals surface area contributed by atoms with Crippen LogP contribution in [-0.4, -0.2) is 38.5 Å². The van der Waals surface area contributed by atoms with E-state index in [2.05, 4.69) is 27.9 Å². The van der Waals surface area contributed by atoms with Crippen LogP contribution in [0.3, 0.4) is 0 Å². The standard InChI is InChI=1S/C25H28N6O3/c1-4-25(5-6-34-14-25)31-24(33)15(2)7-21(29-31)20-13-30(18-8-17(9-18)11-26)22-12-27-23(10-19(20)22)28-16(3)32/h7,10,12-13,17-18H,4-6,8-9,14H2,1-3H3,(H,27,28,32). The predicted molar refractivity (Wildman–Crippen MR) is 127 cm³/mol. The highest BCUT2D eigenvalue weighted by Gasteiger charge is 2.38. The Morgan fingerprint density at radius 3 is 2.82 bits per heavy atom. The molecule has 9 nitrogen and oxygen atoms in total. The Hall–Kier alpha value is -3.51. The molecule has 3 aromatic heterocycles. The van der Waals surface area contributed by atoms with Crippen molar-refractivity contribution in [1.29, 1.82) is 5.26 Å².